The Balaban J connectivity index is 1.59. The van der Waals surface area contributed by atoms with Gasteiger partial charge in [-0.1, -0.05) is 18.2 Å². The Morgan fingerprint density at radius 1 is 1.07 bits per heavy atom. The maximum atomic E-state index is 12.5. The Bertz CT molecular complexity index is 1100. The number of ether oxygens (including phenoxy) is 1. The van der Waals surface area contributed by atoms with E-state index < -0.39 is 0 Å². The van der Waals surface area contributed by atoms with Crippen LogP contribution in [0.4, 0.5) is 5.69 Å². The van der Waals surface area contributed by atoms with Gasteiger partial charge in [-0.15, -0.1) is 0 Å². The van der Waals surface area contributed by atoms with Crippen molar-refractivity contribution in [2.75, 3.05) is 12.4 Å². The molecule has 0 atom stereocenters. The van der Waals surface area contributed by atoms with Crippen molar-refractivity contribution >= 4 is 38.6 Å². The van der Waals surface area contributed by atoms with Crippen LogP contribution in [0.1, 0.15) is 10.4 Å². The lowest BCUT2D eigenvalue weighted by Gasteiger charge is -2.08. The zero-order valence-corrected chi connectivity index (χ0v) is 16.0. The molecule has 0 bridgehead atoms. The first-order chi connectivity index (χ1) is 13.1. The van der Waals surface area contributed by atoms with Gasteiger partial charge in [0.25, 0.3) is 5.91 Å². The van der Waals surface area contributed by atoms with Gasteiger partial charge in [-0.3, -0.25) is 4.79 Å². The van der Waals surface area contributed by atoms with Crippen molar-refractivity contribution in [3.63, 3.8) is 0 Å². The second-order valence-electron chi connectivity index (χ2n) is 5.87. The number of amides is 1. The molecule has 0 unspecified atom stereocenters. The van der Waals surface area contributed by atoms with Crippen LogP contribution in [0.3, 0.4) is 0 Å². The number of fused-ring (bicyclic) bond motifs is 1. The van der Waals surface area contributed by atoms with Crippen molar-refractivity contribution in [2.24, 2.45) is 0 Å². The van der Waals surface area contributed by atoms with E-state index in [0.29, 0.717) is 22.9 Å². The summed E-state index contributed by atoms with van der Waals surface area (Å²) >= 11 is 3.39. The number of oxazole rings is 1. The lowest BCUT2D eigenvalue weighted by molar-refractivity contribution is 0.102. The monoisotopic (exact) mass is 422 g/mol. The zero-order chi connectivity index (χ0) is 18.8. The summed E-state index contributed by atoms with van der Waals surface area (Å²) in [5.74, 6) is 0.970. The fourth-order valence-corrected chi connectivity index (χ4v) is 3.28. The predicted molar refractivity (Wildman–Crippen MR) is 108 cm³/mol. The van der Waals surface area contributed by atoms with Crippen LogP contribution in [0.5, 0.6) is 5.75 Å². The molecule has 1 N–H and O–H groups in total. The molecule has 6 heteroatoms. The molecule has 0 radical (unpaired) electrons. The lowest BCUT2D eigenvalue weighted by atomic mass is 10.1. The third kappa shape index (κ3) is 3.57. The number of rotatable bonds is 4. The quantitative estimate of drug-likeness (QED) is 0.470. The third-order valence-corrected chi connectivity index (χ3v) is 4.69. The maximum absolute atomic E-state index is 12.5. The van der Waals surface area contributed by atoms with Crippen LogP contribution in [0.2, 0.25) is 0 Å². The summed E-state index contributed by atoms with van der Waals surface area (Å²) in [6.45, 7) is 0. The first-order valence-electron chi connectivity index (χ1n) is 8.25. The molecule has 3 aromatic carbocycles. The lowest BCUT2D eigenvalue weighted by Crippen LogP contribution is -2.11. The molecular weight excluding hydrogens is 408 g/mol. The van der Waals surface area contributed by atoms with Crippen LogP contribution in [-0.4, -0.2) is 18.0 Å². The van der Waals surface area contributed by atoms with Gasteiger partial charge >= 0.3 is 0 Å². The number of aromatic nitrogens is 1. The van der Waals surface area contributed by atoms with Crippen molar-refractivity contribution in [3.8, 4) is 17.2 Å². The number of carbonyl (C=O) groups excluding carboxylic acids is 1. The molecule has 0 fully saturated rings. The molecule has 1 heterocycles. The Morgan fingerprint density at radius 2 is 1.93 bits per heavy atom. The van der Waals surface area contributed by atoms with Gasteiger partial charge in [-0.2, -0.15) is 0 Å². The van der Waals surface area contributed by atoms with E-state index in [-0.39, 0.29) is 5.91 Å². The highest BCUT2D eigenvalue weighted by Crippen LogP contribution is 2.28. The number of halogens is 1. The van der Waals surface area contributed by atoms with Crippen LogP contribution in [0.15, 0.2) is 75.6 Å². The fraction of sp³-hybridized carbons (Fsp3) is 0.0476. The molecular formula is C21H15BrN2O3. The average molecular weight is 423 g/mol. The average Bonchev–Trinajstić information content (AvgIpc) is 3.12. The Morgan fingerprint density at radius 3 is 2.70 bits per heavy atom. The highest BCUT2D eigenvalue weighted by atomic mass is 79.9. The third-order valence-electron chi connectivity index (χ3n) is 4.08. The highest BCUT2D eigenvalue weighted by molar-refractivity contribution is 9.10. The van der Waals surface area contributed by atoms with E-state index in [1.54, 1.807) is 25.3 Å². The van der Waals surface area contributed by atoms with Gasteiger partial charge in [0.15, 0.2) is 5.58 Å². The van der Waals surface area contributed by atoms with Crippen molar-refractivity contribution in [1.29, 1.82) is 0 Å². The van der Waals surface area contributed by atoms with E-state index >= 15 is 0 Å². The molecule has 1 amide bonds. The highest BCUT2D eigenvalue weighted by Gasteiger charge is 2.12. The summed E-state index contributed by atoms with van der Waals surface area (Å²) < 4.78 is 11.7. The minimum atomic E-state index is -0.215. The van der Waals surface area contributed by atoms with E-state index in [9.17, 15) is 4.79 Å². The first kappa shape index (κ1) is 17.3. The minimum Gasteiger partial charge on any atom is -0.496 e. The second-order valence-corrected chi connectivity index (χ2v) is 6.73. The Labute approximate surface area is 164 Å². The van der Waals surface area contributed by atoms with Crippen LogP contribution in [0, 0.1) is 0 Å². The van der Waals surface area contributed by atoms with Crippen LogP contribution >= 0.6 is 15.9 Å². The number of hydrogen-bond acceptors (Lipinski definition) is 4. The van der Waals surface area contributed by atoms with Gasteiger partial charge in [0.05, 0.1) is 11.6 Å². The normalized spacial score (nSPS) is 10.7. The molecule has 0 aliphatic carbocycles. The van der Waals surface area contributed by atoms with Gasteiger partial charge in [0.2, 0.25) is 5.89 Å². The van der Waals surface area contributed by atoms with Gasteiger partial charge in [0.1, 0.15) is 11.3 Å². The predicted octanol–water partition coefficient (Wildman–Crippen LogP) is 5.52. The molecule has 0 spiro atoms. The fourth-order valence-electron chi connectivity index (χ4n) is 2.74. The molecule has 0 aliphatic rings. The van der Waals surface area contributed by atoms with Crippen molar-refractivity contribution in [1.82, 2.24) is 4.98 Å². The van der Waals surface area contributed by atoms with Gasteiger partial charge in [0, 0.05) is 16.8 Å². The molecule has 27 heavy (non-hydrogen) atoms. The molecule has 0 saturated carbocycles. The van der Waals surface area contributed by atoms with Crippen molar-refractivity contribution in [3.05, 3.63) is 76.8 Å². The summed E-state index contributed by atoms with van der Waals surface area (Å²) in [6, 6.07) is 20.2. The number of nitrogens with one attached hydrogen (secondary N) is 1. The minimum absolute atomic E-state index is 0.215. The first-order valence-corrected chi connectivity index (χ1v) is 9.04. The van der Waals surface area contributed by atoms with Crippen molar-refractivity contribution in [2.45, 2.75) is 0 Å². The number of methoxy groups -OCH3 is 1. The smallest absolute Gasteiger partial charge is 0.255 e. The van der Waals surface area contributed by atoms with E-state index in [1.165, 1.54) is 0 Å². The summed E-state index contributed by atoms with van der Waals surface area (Å²) in [5.41, 5.74) is 3.50. The standard InChI is InChI=1S/C21H15BrN2O3/c1-26-18-10-9-13(12-16(18)22)20(25)23-15-6-4-5-14(11-15)21-24-17-7-2-3-8-19(17)27-21/h2-12H,1H3,(H,23,25). The van der Waals surface area contributed by atoms with E-state index in [1.807, 2.05) is 48.5 Å². The summed E-state index contributed by atoms with van der Waals surface area (Å²) in [5, 5.41) is 2.90. The van der Waals surface area contributed by atoms with Gasteiger partial charge in [-0.25, -0.2) is 4.98 Å². The van der Waals surface area contributed by atoms with E-state index in [4.69, 9.17) is 9.15 Å². The SMILES string of the molecule is COc1ccc(C(=O)Nc2cccc(-c3nc4ccccc4o3)c2)cc1Br. The van der Waals surface area contributed by atoms with Gasteiger partial charge < -0.3 is 14.5 Å². The molecule has 1 aromatic heterocycles. The molecule has 5 nitrogen and oxygen atoms in total. The number of hydrogen-bond donors (Lipinski definition) is 1. The summed E-state index contributed by atoms with van der Waals surface area (Å²) in [6.07, 6.45) is 0. The summed E-state index contributed by atoms with van der Waals surface area (Å²) in [7, 11) is 1.58. The van der Waals surface area contributed by atoms with Crippen LogP contribution in [0.25, 0.3) is 22.6 Å². The number of nitrogens with zero attached hydrogens (tertiary/aromatic N) is 1. The Kier molecular flexibility index (Phi) is 4.64. The van der Waals surface area contributed by atoms with Gasteiger partial charge in [-0.05, 0) is 64.5 Å². The molecule has 0 aliphatic heterocycles. The Hall–Kier alpha value is -3.12. The van der Waals surface area contributed by atoms with E-state index in [2.05, 4.69) is 26.2 Å². The molecule has 134 valence electrons. The largest absolute Gasteiger partial charge is 0.496 e. The molecule has 0 saturated heterocycles. The van der Waals surface area contributed by atoms with E-state index in [0.717, 1.165) is 21.1 Å². The number of anilines is 1. The topological polar surface area (TPSA) is 64.4 Å². The van der Waals surface area contributed by atoms with Crippen molar-refractivity contribution < 1.29 is 13.9 Å². The summed E-state index contributed by atoms with van der Waals surface area (Å²) in [4.78, 5) is 17.0. The zero-order valence-electron chi connectivity index (χ0n) is 14.4. The molecule has 4 rings (SSSR count). The van der Waals surface area contributed by atoms with Crippen LogP contribution in [-0.2, 0) is 0 Å². The molecule has 4 aromatic rings. The number of carbonyl (C=O) groups is 1. The second kappa shape index (κ2) is 7.25. The maximum Gasteiger partial charge on any atom is 0.255 e. The van der Waals surface area contributed by atoms with Crippen LogP contribution < -0.4 is 10.1 Å². The number of benzene rings is 3. The number of para-hydroxylation sites is 2.